The van der Waals surface area contributed by atoms with Crippen LogP contribution in [0.3, 0.4) is 0 Å². The summed E-state index contributed by atoms with van der Waals surface area (Å²) < 4.78 is 0. The number of rotatable bonds is 2. The van der Waals surface area contributed by atoms with Gasteiger partial charge in [-0.05, 0) is 24.3 Å². The topological polar surface area (TPSA) is 92.5 Å². The van der Waals surface area contributed by atoms with Gasteiger partial charge in [-0.3, -0.25) is 0 Å². The molecule has 1 N–H and O–H groups in total. The summed E-state index contributed by atoms with van der Waals surface area (Å²) in [6.45, 7) is 0. The van der Waals surface area contributed by atoms with E-state index in [1.165, 1.54) is 24.3 Å². The van der Waals surface area contributed by atoms with Crippen LogP contribution in [0.25, 0.3) is 0 Å². The van der Waals surface area contributed by atoms with E-state index in [9.17, 15) is 0 Å². The van der Waals surface area contributed by atoms with Gasteiger partial charge in [0.05, 0.1) is 5.69 Å². The number of azo groups is 1. The zero-order valence-electron chi connectivity index (χ0n) is 7.12. The standard InChI is InChI=1S/C9H6N4O/c10-5-8(6-11)13-12-7-1-3-9(14)4-2-7/h1-4,8,14H. The highest BCUT2D eigenvalue weighted by Crippen LogP contribution is 2.17. The van der Waals surface area contributed by atoms with Gasteiger partial charge in [-0.15, -0.1) is 0 Å². The molecule has 0 fully saturated rings. The summed E-state index contributed by atoms with van der Waals surface area (Å²) in [5.41, 5.74) is 0.485. The molecule has 0 bridgehead atoms. The van der Waals surface area contributed by atoms with Crippen LogP contribution in [0.5, 0.6) is 5.75 Å². The van der Waals surface area contributed by atoms with Gasteiger partial charge in [0.2, 0.25) is 6.04 Å². The average Bonchev–Trinajstić information content (AvgIpc) is 2.22. The summed E-state index contributed by atoms with van der Waals surface area (Å²) in [4.78, 5) is 0. The van der Waals surface area contributed by atoms with Gasteiger partial charge in [-0.1, -0.05) is 0 Å². The van der Waals surface area contributed by atoms with Crippen LogP contribution in [0.2, 0.25) is 0 Å². The second kappa shape index (κ2) is 4.58. The van der Waals surface area contributed by atoms with Gasteiger partial charge in [-0.25, -0.2) is 0 Å². The smallest absolute Gasteiger partial charge is 0.242 e. The predicted octanol–water partition coefficient (Wildman–Crippen LogP) is 1.89. The fourth-order valence-corrected chi connectivity index (χ4v) is 0.724. The fraction of sp³-hybridized carbons (Fsp3) is 0.111. The SMILES string of the molecule is N#CC(C#N)N=Nc1ccc(O)cc1. The molecule has 5 nitrogen and oxygen atoms in total. The number of aromatic hydroxyl groups is 1. The molecule has 0 aliphatic heterocycles. The molecule has 0 amide bonds. The van der Waals surface area contributed by atoms with E-state index in [1.54, 1.807) is 12.1 Å². The molecule has 0 saturated carbocycles. The summed E-state index contributed by atoms with van der Waals surface area (Å²) in [6.07, 6.45) is 0. The second-order valence-corrected chi connectivity index (χ2v) is 2.39. The molecule has 0 saturated heterocycles. The second-order valence-electron chi connectivity index (χ2n) is 2.39. The third-order valence-electron chi connectivity index (χ3n) is 1.38. The molecule has 0 aliphatic rings. The van der Waals surface area contributed by atoms with Gasteiger partial charge in [0.15, 0.2) is 0 Å². The Hall–Kier alpha value is -2.40. The zero-order valence-corrected chi connectivity index (χ0v) is 7.12. The Morgan fingerprint density at radius 2 is 1.71 bits per heavy atom. The van der Waals surface area contributed by atoms with E-state index in [0.717, 1.165) is 0 Å². The van der Waals surface area contributed by atoms with Crippen LogP contribution >= 0.6 is 0 Å². The van der Waals surface area contributed by atoms with E-state index in [2.05, 4.69) is 10.2 Å². The molecule has 0 heterocycles. The molecule has 68 valence electrons. The third-order valence-corrected chi connectivity index (χ3v) is 1.38. The van der Waals surface area contributed by atoms with Gasteiger partial charge in [-0.2, -0.15) is 20.8 Å². The molecular weight excluding hydrogens is 180 g/mol. The molecule has 1 rings (SSSR count). The van der Waals surface area contributed by atoms with E-state index in [-0.39, 0.29) is 5.75 Å². The maximum absolute atomic E-state index is 8.95. The Bertz CT molecular complexity index is 396. The molecular formula is C9H6N4O. The molecule has 14 heavy (non-hydrogen) atoms. The number of benzene rings is 1. The van der Waals surface area contributed by atoms with Gasteiger partial charge >= 0.3 is 0 Å². The van der Waals surface area contributed by atoms with E-state index in [0.29, 0.717) is 5.69 Å². The van der Waals surface area contributed by atoms with Crippen molar-refractivity contribution in [3.8, 4) is 17.9 Å². The molecule has 1 aromatic carbocycles. The maximum atomic E-state index is 8.95. The van der Waals surface area contributed by atoms with Gasteiger partial charge in [0.1, 0.15) is 17.9 Å². The number of nitriles is 2. The van der Waals surface area contributed by atoms with Crippen LogP contribution in [-0.4, -0.2) is 11.1 Å². The normalized spacial score (nSPS) is 9.93. The number of phenolic OH excluding ortho intramolecular Hbond substituents is 1. The lowest BCUT2D eigenvalue weighted by Crippen LogP contribution is -1.92. The Kier molecular flexibility index (Phi) is 3.17. The molecule has 0 aromatic heterocycles. The Morgan fingerprint density at radius 3 is 2.21 bits per heavy atom. The van der Waals surface area contributed by atoms with Crippen molar-refractivity contribution >= 4 is 5.69 Å². The Balaban J connectivity index is 2.75. The number of hydrogen-bond acceptors (Lipinski definition) is 5. The lowest BCUT2D eigenvalue weighted by Gasteiger charge is -1.92. The summed E-state index contributed by atoms with van der Waals surface area (Å²) >= 11 is 0. The van der Waals surface area contributed by atoms with Gasteiger partial charge in [0.25, 0.3) is 0 Å². The minimum Gasteiger partial charge on any atom is -0.508 e. The Labute approximate surface area is 80.6 Å². The first-order valence-electron chi connectivity index (χ1n) is 3.75. The van der Waals surface area contributed by atoms with Crippen molar-refractivity contribution in [1.29, 1.82) is 10.5 Å². The van der Waals surface area contributed by atoms with Crippen LogP contribution < -0.4 is 0 Å². The summed E-state index contributed by atoms with van der Waals surface area (Å²) in [6, 6.07) is 8.20. The molecule has 0 aliphatic carbocycles. The van der Waals surface area contributed by atoms with Crippen molar-refractivity contribution in [3.63, 3.8) is 0 Å². The Morgan fingerprint density at radius 1 is 1.14 bits per heavy atom. The first-order valence-corrected chi connectivity index (χ1v) is 3.75. The van der Waals surface area contributed by atoms with E-state index < -0.39 is 6.04 Å². The number of phenols is 1. The van der Waals surface area contributed by atoms with Crippen molar-refractivity contribution in [2.75, 3.05) is 0 Å². The predicted molar refractivity (Wildman–Crippen MR) is 47.6 cm³/mol. The van der Waals surface area contributed by atoms with Crippen LogP contribution in [0.1, 0.15) is 0 Å². The van der Waals surface area contributed by atoms with E-state index in [1.807, 2.05) is 0 Å². The quantitative estimate of drug-likeness (QED) is 0.714. The molecule has 5 heteroatoms. The monoisotopic (exact) mass is 186 g/mol. The van der Waals surface area contributed by atoms with Crippen molar-refractivity contribution in [3.05, 3.63) is 24.3 Å². The number of nitrogens with zero attached hydrogens (tertiary/aromatic N) is 4. The van der Waals surface area contributed by atoms with E-state index >= 15 is 0 Å². The van der Waals surface area contributed by atoms with Crippen molar-refractivity contribution in [2.45, 2.75) is 6.04 Å². The van der Waals surface area contributed by atoms with Crippen molar-refractivity contribution in [1.82, 2.24) is 0 Å². The summed E-state index contributed by atoms with van der Waals surface area (Å²) in [5.74, 6) is 0.126. The minimum absolute atomic E-state index is 0.126. The molecule has 0 unspecified atom stereocenters. The largest absolute Gasteiger partial charge is 0.508 e. The van der Waals surface area contributed by atoms with Gasteiger partial charge < -0.3 is 5.11 Å². The van der Waals surface area contributed by atoms with Gasteiger partial charge in [0, 0.05) is 0 Å². The average molecular weight is 186 g/mol. The van der Waals surface area contributed by atoms with Crippen LogP contribution in [0, 0.1) is 22.7 Å². The lowest BCUT2D eigenvalue weighted by atomic mass is 10.3. The van der Waals surface area contributed by atoms with Crippen molar-refractivity contribution in [2.24, 2.45) is 10.2 Å². The van der Waals surface area contributed by atoms with E-state index in [4.69, 9.17) is 15.6 Å². The zero-order chi connectivity index (χ0) is 10.4. The first-order chi connectivity index (χ1) is 6.76. The maximum Gasteiger partial charge on any atom is 0.242 e. The van der Waals surface area contributed by atoms with Crippen LogP contribution in [0.15, 0.2) is 34.5 Å². The lowest BCUT2D eigenvalue weighted by molar-refractivity contribution is 0.475. The summed E-state index contributed by atoms with van der Waals surface area (Å²) in [7, 11) is 0. The molecule has 0 radical (unpaired) electrons. The van der Waals surface area contributed by atoms with Crippen molar-refractivity contribution < 1.29 is 5.11 Å². The molecule has 0 atom stereocenters. The minimum atomic E-state index is -1.08. The van der Waals surface area contributed by atoms with Crippen LogP contribution in [-0.2, 0) is 0 Å². The highest BCUT2D eigenvalue weighted by molar-refractivity contribution is 5.40. The third kappa shape index (κ3) is 2.58. The van der Waals surface area contributed by atoms with Crippen LogP contribution in [0.4, 0.5) is 5.69 Å². The summed E-state index contributed by atoms with van der Waals surface area (Å²) in [5, 5.41) is 32.9. The molecule has 1 aromatic rings. The number of hydrogen-bond donors (Lipinski definition) is 1. The highest BCUT2D eigenvalue weighted by Gasteiger charge is 2.00. The highest BCUT2D eigenvalue weighted by atomic mass is 16.3. The fourth-order valence-electron chi connectivity index (χ4n) is 0.724. The first kappa shape index (κ1) is 9.69. The molecule has 0 spiro atoms.